The number of nitrogens with two attached hydrogens (primary N) is 1. The van der Waals surface area contributed by atoms with Gasteiger partial charge in [-0.15, -0.1) is 0 Å². The lowest BCUT2D eigenvalue weighted by atomic mass is 10.1. The van der Waals surface area contributed by atoms with E-state index >= 15 is 0 Å². The highest BCUT2D eigenvalue weighted by Gasteiger charge is 2.29. The van der Waals surface area contributed by atoms with Crippen LogP contribution in [0.4, 0.5) is 0 Å². The van der Waals surface area contributed by atoms with Gasteiger partial charge in [0.05, 0.1) is 10.5 Å². The molecule has 0 bridgehead atoms. The molecular formula is C13H17BrN2O3S. The number of amides is 1. The monoisotopic (exact) mass is 360 g/mol. The van der Waals surface area contributed by atoms with Crippen molar-refractivity contribution in [3.8, 4) is 0 Å². The number of benzene rings is 1. The minimum Gasteiger partial charge on any atom is -0.336 e. The summed E-state index contributed by atoms with van der Waals surface area (Å²) in [5.41, 5.74) is 0.344. The molecule has 5 nitrogen and oxygen atoms in total. The van der Waals surface area contributed by atoms with Gasteiger partial charge in [0.25, 0.3) is 5.91 Å². The molecule has 1 heterocycles. The summed E-state index contributed by atoms with van der Waals surface area (Å²) in [6.45, 7) is 2.76. The second kappa shape index (κ2) is 5.83. The predicted octanol–water partition coefficient (Wildman–Crippen LogP) is 2.11. The van der Waals surface area contributed by atoms with Gasteiger partial charge < -0.3 is 4.90 Å². The third-order valence-corrected chi connectivity index (χ3v) is 5.21. The molecule has 0 spiro atoms. The van der Waals surface area contributed by atoms with Gasteiger partial charge in [-0.2, -0.15) is 0 Å². The summed E-state index contributed by atoms with van der Waals surface area (Å²) in [5.74, 6) is -0.147. The van der Waals surface area contributed by atoms with Crippen molar-refractivity contribution in [2.75, 3.05) is 6.54 Å². The number of nitrogens with zero attached hydrogens (tertiary/aromatic N) is 1. The molecule has 0 aliphatic carbocycles. The Morgan fingerprint density at radius 1 is 1.50 bits per heavy atom. The first-order valence-corrected chi connectivity index (χ1v) is 8.82. The van der Waals surface area contributed by atoms with Gasteiger partial charge >= 0.3 is 0 Å². The van der Waals surface area contributed by atoms with E-state index < -0.39 is 10.0 Å². The quantitative estimate of drug-likeness (QED) is 0.895. The van der Waals surface area contributed by atoms with Gasteiger partial charge in [0.15, 0.2) is 0 Å². The molecule has 0 saturated carbocycles. The molecule has 1 aliphatic rings. The Morgan fingerprint density at radius 3 is 2.80 bits per heavy atom. The fraction of sp³-hybridized carbons (Fsp3) is 0.462. The number of hydrogen-bond acceptors (Lipinski definition) is 3. The normalized spacial score (nSPS) is 19.4. The van der Waals surface area contributed by atoms with Crippen LogP contribution >= 0.6 is 15.9 Å². The Labute approximate surface area is 127 Å². The minimum absolute atomic E-state index is 0.0451. The van der Waals surface area contributed by atoms with E-state index in [0.29, 0.717) is 16.6 Å². The van der Waals surface area contributed by atoms with Crippen LogP contribution in [0, 0.1) is 0 Å². The maximum Gasteiger partial charge on any atom is 0.255 e. The maximum atomic E-state index is 12.6. The molecule has 0 radical (unpaired) electrons. The van der Waals surface area contributed by atoms with E-state index in [4.69, 9.17) is 5.14 Å². The van der Waals surface area contributed by atoms with Crippen LogP contribution in [0.2, 0.25) is 0 Å². The van der Waals surface area contributed by atoms with Gasteiger partial charge in [-0.1, -0.05) is 6.92 Å². The van der Waals surface area contributed by atoms with Gasteiger partial charge in [0, 0.05) is 17.1 Å². The number of likely N-dealkylation sites (tertiary alicyclic amines) is 1. The molecule has 1 atom stereocenters. The van der Waals surface area contributed by atoms with Gasteiger partial charge in [0.2, 0.25) is 10.0 Å². The summed E-state index contributed by atoms with van der Waals surface area (Å²) >= 11 is 3.30. The Hall–Kier alpha value is -0.920. The molecule has 1 aromatic carbocycles. The number of hydrogen-bond donors (Lipinski definition) is 1. The molecule has 7 heteroatoms. The smallest absolute Gasteiger partial charge is 0.255 e. The summed E-state index contributed by atoms with van der Waals surface area (Å²) in [4.78, 5) is 14.3. The number of halogens is 1. The second-order valence-corrected chi connectivity index (χ2v) is 7.31. The standard InChI is InChI=1S/C13H17BrN2O3S/c1-2-9-4-3-7-16(9)13(17)11-8-10(20(15,18)19)5-6-12(11)14/h5-6,8-9H,2-4,7H2,1H3,(H2,15,18,19). The SMILES string of the molecule is CCC1CCCN1C(=O)c1cc(S(N)(=O)=O)ccc1Br. The molecule has 20 heavy (non-hydrogen) atoms. The van der Waals surface area contributed by atoms with Gasteiger partial charge in [-0.05, 0) is 53.4 Å². The topological polar surface area (TPSA) is 80.5 Å². The average molecular weight is 361 g/mol. The molecule has 1 fully saturated rings. The van der Waals surface area contributed by atoms with E-state index in [1.807, 2.05) is 11.8 Å². The summed E-state index contributed by atoms with van der Waals surface area (Å²) in [7, 11) is -3.81. The van der Waals surface area contributed by atoms with Crippen LogP contribution in [0.1, 0.15) is 36.5 Å². The highest BCUT2D eigenvalue weighted by molar-refractivity contribution is 9.10. The highest BCUT2D eigenvalue weighted by atomic mass is 79.9. The number of rotatable bonds is 3. The fourth-order valence-corrected chi connectivity index (χ4v) is 3.48. The van der Waals surface area contributed by atoms with Crippen LogP contribution in [0.5, 0.6) is 0 Å². The van der Waals surface area contributed by atoms with Crippen LogP contribution in [0.25, 0.3) is 0 Å². The van der Waals surface area contributed by atoms with Crippen molar-refractivity contribution in [1.29, 1.82) is 0 Å². The van der Waals surface area contributed by atoms with Crippen LogP contribution in [-0.4, -0.2) is 31.8 Å². The largest absolute Gasteiger partial charge is 0.336 e. The number of sulfonamides is 1. The Balaban J connectivity index is 2.39. The Morgan fingerprint density at radius 2 is 2.20 bits per heavy atom. The van der Waals surface area contributed by atoms with Crippen LogP contribution in [-0.2, 0) is 10.0 Å². The van der Waals surface area contributed by atoms with E-state index in [1.54, 1.807) is 6.07 Å². The van der Waals surface area contributed by atoms with E-state index in [9.17, 15) is 13.2 Å². The van der Waals surface area contributed by atoms with Gasteiger partial charge in [-0.3, -0.25) is 4.79 Å². The molecule has 2 rings (SSSR count). The predicted molar refractivity (Wildman–Crippen MR) is 79.9 cm³/mol. The lowest BCUT2D eigenvalue weighted by Gasteiger charge is -2.24. The van der Waals surface area contributed by atoms with Crippen LogP contribution in [0.15, 0.2) is 27.6 Å². The fourth-order valence-electron chi connectivity index (χ4n) is 2.53. The van der Waals surface area contributed by atoms with Crippen molar-refractivity contribution in [2.45, 2.75) is 37.1 Å². The highest BCUT2D eigenvalue weighted by Crippen LogP contribution is 2.27. The van der Waals surface area contributed by atoms with Crippen molar-refractivity contribution < 1.29 is 13.2 Å². The first kappa shape index (κ1) is 15.5. The Kier molecular flexibility index (Phi) is 4.51. The lowest BCUT2D eigenvalue weighted by Crippen LogP contribution is -2.35. The summed E-state index contributed by atoms with van der Waals surface area (Å²) < 4.78 is 23.4. The molecule has 1 unspecified atom stereocenters. The van der Waals surface area contributed by atoms with Gasteiger partial charge in [0.1, 0.15) is 0 Å². The molecule has 1 aromatic rings. The first-order chi connectivity index (χ1) is 9.34. The number of carbonyl (C=O) groups is 1. The van der Waals surface area contributed by atoms with Crippen LogP contribution in [0.3, 0.4) is 0 Å². The zero-order valence-electron chi connectivity index (χ0n) is 11.2. The van der Waals surface area contributed by atoms with Crippen molar-refractivity contribution >= 4 is 31.9 Å². The number of primary sulfonamides is 1. The molecule has 110 valence electrons. The van der Waals surface area contributed by atoms with Crippen molar-refractivity contribution in [3.05, 3.63) is 28.2 Å². The molecule has 2 N–H and O–H groups in total. The van der Waals surface area contributed by atoms with Crippen LogP contribution < -0.4 is 5.14 Å². The zero-order chi connectivity index (χ0) is 14.9. The summed E-state index contributed by atoms with van der Waals surface area (Å²) in [6, 6.07) is 4.50. The molecule has 1 aliphatic heterocycles. The molecule has 1 saturated heterocycles. The summed E-state index contributed by atoms with van der Waals surface area (Å²) in [6.07, 6.45) is 2.88. The minimum atomic E-state index is -3.81. The van der Waals surface area contributed by atoms with E-state index in [-0.39, 0.29) is 16.8 Å². The average Bonchev–Trinajstić information content (AvgIpc) is 2.85. The molecule has 0 aromatic heterocycles. The third-order valence-electron chi connectivity index (χ3n) is 3.61. The lowest BCUT2D eigenvalue weighted by molar-refractivity contribution is 0.0732. The van der Waals surface area contributed by atoms with E-state index in [2.05, 4.69) is 15.9 Å². The van der Waals surface area contributed by atoms with Crippen molar-refractivity contribution in [3.63, 3.8) is 0 Å². The maximum absolute atomic E-state index is 12.6. The Bertz CT molecular complexity index is 631. The van der Waals surface area contributed by atoms with Gasteiger partial charge in [-0.25, -0.2) is 13.6 Å². The van der Waals surface area contributed by atoms with E-state index in [1.165, 1.54) is 12.1 Å². The molecular weight excluding hydrogens is 344 g/mol. The summed E-state index contributed by atoms with van der Waals surface area (Å²) in [5, 5.41) is 5.11. The molecule has 1 amide bonds. The van der Waals surface area contributed by atoms with E-state index in [0.717, 1.165) is 19.3 Å². The first-order valence-electron chi connectivity index (χ1n) is 6.48. The van der Waals surface area contributed by atoms with Crippen molar-refractivity contribution in [1.82, 2.24) is 4.90 Å². The van der Waals surface area contributed by atoms with Crippen molar-refractivity contribution in [2.24, 2.45) is 5.14 Å². The third kappa shape index (κ3) is 3.05. The zero-order valence-corrected chi connectivity index (χ0v) is 13.6. The second-order valence-electron chi connectivity index (χ2n) is 4.89. The number of carbonyl (C=O) groups excluding carboxylic acids is 1.